The van der Waals surface area contributed by atoms with Crippen molar-refractivity contribution >= 4 is 17.9 Å². The van der Waals surface area contributed by atoms with Gasteiger partial charge < -0.3 is 25.8 Å². The van der Waals surface area contributed by atoms with Crippen LogP contribution < -0.4 is 16.0 Å². The zero-order valence-corrected chi connectivity index (χ0v) is 11.2. The second-order valence-electron chi connectivity index (χ2n) is 3.85. The number of urea groups is 1. The van der Waals surface area contributed by atoms with Crippen LogP contribution in [-0.4, -0.2) is 55.9 Å². The van der Waals surface area contributed by atoms with Crippen molar-refractivity contribution in [1.82, 2.24) is 16.0 Å². The molecule has 0 aromatic heterocycles. The van der Waals surface area contributed by atoms with E-state index in [0.717, 1.165) is 6.42 Å². The number of hydrogen-bond acceptors (Lipinski definition) is 4. The monoisotopic (exact) mass is 275 g/mol. The molecule has 0 bridgehead atoms. The molecule has 0 aromatic carbocycles. The molecule has 19 heavy (non-hydrogen) atoms. The number of nitrogens with one attached hydrogen (secondary N) is 3. The highest BCUT2D eigenvalue weighted by Gasteiger charge is 2.19. The molecule has 0 aliphatic rings. The first kappa shape index (κ1) is 17.2. The van der Waals surface area contributed by atoms with Crippen LogP contribution in [0.4, 0.5) is 4.79 Å². The first-order valence-electron chi connectivity index (χ1n) is 6.04. The fourth-order valence-corrected chi connectivity index (χ4v) is 1.19. The summed E-state index contributed by atoms with van der Waals surface area (Å²) in [5.74, 6) is -1.34. The van der Waals surface area contributed by atoms with Crippen LogP contribution in [0.1, 0.15) is 19.8 Å². The normalized spacial score (nSPS) is 11.5. The number of rotatable bonds is 9. The Morgan fingerprint density at radius 1 is 1.21 bits per heavy atom. The molecule has 110 valence electrons. The molecule has 0 aliphatic heterocycles. The molecule has 3 amide bonds. The average Bonchev–Trinajstić information content (AvgIpc) is 2.35. The van der Waals surface area contributed by atoms with Crippen molar-refractivity contribution in [3.63, 3.8) is 0 Å². The Hall–Kier alpha value is -1.83. The quantitative estimate of drug-likeness (QED) is 0.444. The molecule has 0 aliphatic carbocycles. The molecule has 8 nitrogen and oxygen atoms in total. The van der Waals surface area contributed by atoms with E-state index in [0.29, 0.717) is 6.54 Å². The summed E-state index contributed by atoms with van der Waals surface area (Å²) < 4.78 is 4.67. The van der Waals surface area contributed by atoms with Crippen LogP contribution >= 0.6 is 0 Å². The second kappa shape index (κ2) is 10.1. The summed E-state index contributed by atoms with van der Waals surface area (Å²) in [6, 6.07) is -1.76. The van der Waals surface area contributed by atoms with E-state index in [1.165, 1.54) is 7.11 Å². The van der Waals surface area contributed by atoms with E-state index in [1.54, 1.807) is 0 Å². The minimum Gasteiger partial charge on any atom is -0.480 e. The molecule has 1 atom stereocenters. The van der Waals surface area contributed by atoms with E-state index >= 15 is 0 Å². The van der Waals surface area contributed by atoms with Gasteiger partial charge in [-0.25, -0.2) is 9.59 Å². The van der Waals surface area contributed by atoms with Crippen LogP contribution in [-0.2, 0) is 14.3 Å². The SMILES string of the molecule is CCCNC(=O)CCNC(=O)NC(COC)C(=O)O. The molecule has 0 radical (unpaired) electrons. The predicted octanol–water partition coefficient (Wildman–Crippen LogP) is -0.698. The molecule has 0 aromatic rings. The molecule has 0 saturated heterocycles. The molecule has 8 heteroatoms. The predicted molar refractivity (Wildman–Crippen MR) is 67.8 cm³/mol. The van der Waals surface area contributed by atoms with Crippen molar-refractivity contribution in [2.45, 2.75) is 25.8 Å². The number of amides is 3. The lowest BCUT2D eigenvalue weighted by Crippen LogP contribution is -2.48. The highest BCUT2D eigenvalue weighted by molar-refractivity contribution is 5.83. The Balaban J connectivity index is 3.85. The lowest BCUT2D eigenvalue weighted by Gasteiger charge is -2.14. The summed E-state index contributed by atoms with van der Waals surface area (Å²) in [5, 5.41) is 16.1. The molecule has 0 heterocycles. The Morgan fingerprint density at radius 2 is 1.89 bits per heavy atom. The van der Waals surface area contributed by atoms with Gasteiger partial charge in [0.25, 0.3) is 0 Å². The Bertz CT molecular complexity index is 309. The zero-order valence-electron chi connectivity index (χ0n) is 11.2. The van der Waals surface area contributed by atoms with E-state index < -0.39 is 18.0 Å². The number of carbonyl (C=O) groups excluding carboxylic acids is 2. The van der Waals surface area contributed by atoms with Gasteiger partial charge in [0.05, 0.1) is 6.61 Å². The minimum absolute atomic E-state index is 0.125. The molecular formula is C11H21N3O5. The molecule has 1 unspecified atom stereocenters. The van der Waals surface area contributed by atoms with E-state index in [4.69, 9.17) is 5.11 Å². The summed E-state index contributed by atoms with van der Waals surface area (Å²) in [6.07, 6.45) is 0.992. The van der Waals surface area contributed by atoms with Gasteiger partial charge in [-0.05, 0) is 6.42 Å². The first-order valence-corrected chi connectivity index (χ1v) is 6.04. The summed E-state index contributed by atoms with van der Waals surface area (Å²) in [7, 11) is 1.34. The summed E-state index contributed by atoms with van der Waals surface area (Å²) >= 11 is 0. The average molecular weight is 275 g/mol. The topological polar surface area (TPSA) is 117 Å². The fourth-order valence-electron chi connectivity index (χ4n) is 1.19. The third-order valence-corrected chi connectivity index (χ3v) is 2.15. The third-order valence-electron chi connectivity index (χ3n) is 2.15. The Kier molecular flexibility index (Phi) is 9.15. The maximum absolute atomic E-state index is 11.4. The van der Waals surface area contributed by atoms with Gasteiger partial charge in [0.15, 0.2) is 6.04 Å². The van der Waals surface area contributed by atoms with Crippen LogP contribution in [0.3, 0.4) is 0 Å². The van der Waals surface area contributed by atoms with E-state index in [9.17, 15) is 14.4 Å². The standard InChI is InChI=1S/C11H21N3O5/c1-3-5-12-9(15)4-6-13-11(18)14-8(7-19-2)10(16)17/h8H,3-7H2,1-2H3,(H,12,15)(H,16,17)(H2,13,14,18). The lowest BCUT2D eigenvalue weighted by molar-refractivity contribution is -0.140. The van der Waals surface area contributed by atoms with Gasteiger partial charge in [-0.1, -0.05) is 6.92 Å². The zero-order chi connectivity index (χ0) is 14.7. The van der Waals surface area contributed by atoms with Crippen molar-refractivity contribution in [2.75, 3.05) is 26.8 Å². The third kappa shape index (κ3) is 8.83. The van der Waals surface area contributed by atoms with E-state index in [1.807, 2.05) is 6.92 Å². The summed E-state index contributed by atoms with van der Waals surface area (Å²) in [4.78, 5) is 33.3. The summed E-state index contributed by atoms with van der Waals surface area (Å²) in [6.45, 7) is 2.55. The van der Waals surface area contributed by atoms with Crippen LogP contribution in [0, 0.1) is 0 Å². The number of methoxy groups -OCH3 is 1. The van der Waals surface area contributed by atoms with Gasteiger partial charge in [-0.2, -0.15) is 0 Å². The van der Waals surface area contributed by atoms with Crippen molar-refractivity contribution in [3.8, 4) is 0 Å². The van der Waals surface area contributed by atoms with Crippen molar-refractivity contribution in [3.05, 3.63) is 0 Å². The van der Waals surface area contributed by atoms with Crippen molar-refractivity contribution in [2.24, 2.45) is 0 Å². The van der Waals surface area contributed by atoms with Gasteiger partial charge in [0, 0.05) is 26.6 Å². The Labute approximate surface area is 111 Å². The van der Waals surface area contributed by atoms with E-state index in [2.05, 4.69) is 20.7 Å². The maximum Gasteiger partial charge on any atom is 0.328 e. The highest BCUT2D eigenvalue weighted by atomic mass is 16.5. The first-order chi connectivity index (χ1) is 9.01. The van der Waals surface area contributed by atoms with Crippen molar-refractivity contribution < 1.29 is 24.2 Å². The van der Waals surface area contributed by atoms with Gasteiger partial charge in [0.1, 0.15) is 0 Å². The minimum atomic E-state index is -1.18. The number of carboxylic acid groups (broad SMARTS) is 1. The van der Waals surface area contributed by atoms with Gasteiger partial charge in [-0.15, -0.1) is 0 Å². The number of hydrogen-bond donors (Lipinski definition) is 4. The second-order valence-corrected chi connectivity index (χ2v) is 3.85. The lowest BCUT2D eigenvalue weighted by atomic mass is 10.3. The van der Waals surface area contributed by atoms with Crippen molar-refractivity contribution in [1.29, 1.82) is 0 Å². The molecule has 4 N–H and O–H groups in total. The largest absolute Gasteiger partial charge is 0.480 e. The number of carboxylic acids is 1. The Morgan fingerprint density at radius 3 is 2.42 bits per heavy atom. The van der Waals surface area contributed by atoms with Crippen LogP contribution in [0.25, 0.3) is 0 Å². The molecule has 0 fully saturated rings. The smallest absolute Gasteiger partial charge is 0.328 e. The van der Waals surface area contributed by atoms with Crippen LogP contribution in [0.15, 0.2) is 0 Å². The highest BCUT2D eigenvalue weighted by Crippen LogP contribution is 1.86. The molecule has 0 spiro atoms. The van der Waals surface area contributed by atoms with E-state index in [-0.39, 0.29) is 25.5 Å². The molecular weight excluding hydrogens is 254 g/mol. The summed E-state index contributed by atoms with van der Waals surface area (Å²) in [5.41, 5.74) is 0. The number of aliphatic carboxylic acids is 1. The molecule has 0 saturated carbocycles. The van der Waals surface area contributed by atoms with Gasteiger partial charge in [-0.3, -0.25) is 4.79 Å². The van der Waals surface area contributed by atoms with Crippen LogP contribution in [0.5, 0.6) is 0 Å². The number of ether oxygens (including phenoxy) is 1. The number of carbonyl (C=O) groups is 3. The van der Waals surface area contributed by atoms with Gasteiger partial charge >= 0.3 is 12.0 Å². The fraction of sp³-hybridized carbons (Fsp3) is 0.727. The molecule has 0 rings (SSSR count). The van der Waals surface area contributed by atoms with Crippen LogP contribution in [0.2, 0.25) is 0 Å². The maximum atomic E-state index is 11.4. The van der Waals surface area contributed by atoms with Gasteiger partial charge in [0.2, 0.25) is 5.91 Å².